The van der Waals surface area contributed by atoms with Crippen molar-refractivity contribution >= 4 is 17.4 Å². The minimum Gasteiger partial charge on any atom is -0.497 e. The number of hydrogen-bond donors (Lipinski definition) is 0. The second-order valence-corrected chi connectivity index (χ2v) is 8.88. The van der Waals surface area contributed by atoms with Gasteiger partial charge in [0.25, 0.3) is 5.91 Å². The zero-order chi connectivity index (χ0) is 26.3. The largest absolute Gasteiger partial charge is 0.497 e. The zero-order valence-electron chi connectivity index (χ0n) is 20.1. The Hall–Kier alpha value is -4.08. The zero-order valence-corrected chi connectivity index (χ0v) is 20.1. The highest BCUT2D eigenvalue weighted by Crippen LogP contribution is 2.42. The molecule has 0 aromatic heterocycles. The first-order chi connectivity index (χ1) is 17.6. The van der Waals surface area contributed by atoms with E-state index in [4.69, 9.17) is 9.47 Å². The van der Waals surface area contributed by atoms with Crippen molar-refractivity contribution in [3.63, 3.8) is 0 Å². The molecule has 2 aliphatic rings. The van der Waals surface area contributed by atoms with Crippen LogP contribution in [0.3, 0.4) is 0 Å². The quantitative estimate of drug-likeness (QED) is 0.402. The average Bonchev–Trinajstić information content (AvgIpc) is 3.03. The van der Waals surface area contributed by atoms with Gasteiger partial charge in [0.1, 0.15) is 28.8 Å². The van der Waals surface area contributed by atoms with Gasteiger partial charge in [0, 0.05) is 31.2 Å². The molecule has 3 aromatic rings. The highest BCUT2D eigenvalue weighted by Gasteiger charge is 2.34. The number of carbonyl (C=O) groups is 1. The lowest BCUT2D eigenvalue weighted by Crippen LogP contribution is -2.55. The van der Waals surface area contributed by atoms with E-state index >= 15 is 0 Å². The molecule has 6 nitrogen and oxygen atoms in total. The molecule has 0 radical (unpaired) electrons. The Morgan fingerprint density at radius 3 is 2.54 bits per heavy atom. The lowest BCUT2D eigenvalue weighted by Gasteiger charge is -2.41. The van der Waals surface area contributed by atoms with E-state index in [9.17, 15) is 22.4 Å². The molecule has 0 saturated carbocycles. The van der Waals surface area contributed by atoms with E-state index < -0.39 is 17.6 Å². The van der Waals surface area contributed by atoms with Crippen LogP contribution in [0.4, 0.5) is 23.2 Å². The lowest BCUT2D eigenvalue weighted by molar-refractivity contribution is -0.137. The summed E-state index contributed by atoms with van der Waals surface area (Å²) in [5.41, 5.74) is 0.0247. The highest BCUT2D eigenvalue weighted by molar-refractivity contribution is 6.04. The normalized spacial score (nSPS) is 17.2. The van der Waals surface area contributed by atoms with Crippen molar-refractivity contribution in [2.75, 3.05) is 26.7 Å². The van der Waals surface area contributed by atoms with Crippen LogP contribution in [0.1, 0.15) is 28.4 Å². The number of amides is 1. The van der Waals surface area contributed by atoms with E-state index in [2.05, 4.69) is 4.99 Å². The van der Waals surface area contributed by atoms with Gasteiger partial charge in [-0.15, -0.1) is 0 Å². The molecular weight excluding hydrogens is 490 g/mol. The first kappa shape index (κ1) is 24.6. The molecule has 1 atom stereocenters. The van der Waals surface area contributed by atoms with Crippen molar-refractivity contribution in [3.8, 4) is 17.2 Å². The fraction of sp³-hybridized carbons (Fsp3) is 0.259. The standard InChI is InChI=1S/C27H23F4N3O3/c1-16-15-33(10-11-34(16)26(35)17-4-3-5-19(28)12-17)25-21-14-20(36-2)7-9-23(21)37-24-8-6-18(27(29,30)31)13-22(24)32-25/h3-9,12-14,16H,10-11,15H2,1-2H3. The Balaban J connectivity index is 1.51. The number of benzene rings is 3. The van der Waals surface area contributed by atoms with Gasteiger partial charge in [-0.05, 0) is 61.5 Å². The van der Waals surface area contributed by atoms with Gasteiger partial charge in [-0.25, -0.2) is 9.38 Å². The number of halogens is 4. The van der Waals surface area contributed by atoms with E-state index in [-0.39, 0.29) is 28.9 Å². The number of piperazine rings is 1. The first-order valence-corrected chi connectivity index (χ1v) is 11.6. The molecule has 1 amide bonds. The Labute approximate surface area is 210 Å². The van der Waals surface area contributed by atoms with Crippen LogP contribution in [-0.4, -0.2) is 54.3 Å². The third-order valence-electron chi connectivity index (χ3n) is 6.42. The van der Waals surface area contributed by atoms with Crippen molar-refractivity contribution < 1.29 is 31.8 Å². The molecule has 37 heavy (non-hydrogen) atoms. The number of nitrogens with zero attached hydrogens (tertiary/aromatic N) is 3. The molecule has 1 fully saturated rings. The molecule has 0 N–H and O–H groups in total. The van der Waals surface area contributed by atoms with Gasteiger partial charge in [-0.1, -0.05) is 6.07 Å². The van der Waals surface area contributed by atoms with Crippen molar-refractivity contribution in [3.05, 3.63) is 83.2 Å². The molecule has 5 rings (SSSR count). The monoisotopic (exact) mass is 513 g/mol. The predicted octanol–water partition coefficient (Wildman–Crippen LogP) is 5.88. The minimum absolute atomic E-state index is 0.0471. The van der Waals surface area contributed by atoms with Crippen LogP contribution in [0.5, 0.6) is 17.2 Å². The van der Waals surface area contributed by atoms with Crippen LogP contribution < -0.4 is 9.47 Å². The molecule has 0 spiro atoms. The van der Waals surface area contributed by atoms with Crippen molar-refractivity contribution in [1.82, 2.24) is 9.80 Å². The van der Waals surface area contributed by atoms with Crippen molar-refractivity contribution in [2.45, 2.75) is 19.1 Å². The number of alkyl halides is 3. The van der Waals surface area contributed by atoms with Gasteiger partial charge < -0.3 is 19.3 Å². The molecule has 3 aromatic carbocycles. The van der Waals surface area contributed by atoms with Crippen LogP contribution in [0.15, 0.2) is 65.7 Å². The second-order valence-electron chi connectivity index (χ2n) is 8.88. The summed E-state index contributed by atoms with van der Waals surface area (Å²) in [5, 5.41) is 0. The highest BCUT2D eigenvalue weighted by atomic mass is 19.4. The topological polar surface area (TPSA) is 54.4 Å². The van der Waals surface area contributed by atoms with Gasteiger partial charge in [-0.3, -0.25) is 4.79 Å². The van der Waals surface area contributed by atoms with E-state index in [1.165, 1.54) is 31.4 Å². The number of fused-ring (bicyclic) bond motifs is 2. The maximum Gasteiger partial charge on any atom is 0.416 e. The fourth-order valence-corrected chi connectivity index (χ4v) is 4.54. The summed E-state index contributed by atoms with van der Waals surface area (Å²) in [7, 11) is 1.51. The Morgan fingerprint density at radius 1 is 1.05 bits per heavy atom. The summed E-state index contributed by atoms with van der Waals surface area (Å²) in [6, 6.07) is 13.5. The van der Waals surface area contributed by atoms with Crippen LogP contribution in [0.25, 0.3) is 0 Å². The van der Waals surface area contributed by atoms with E-state index in [1.807, 2.05) is 11.8 Å². The number of amidine groups is 1. The summed E-state index contributed by atoms with van der Waals surface area (Å²) in [4.78, 5) is 21.2. The molecule has 2 heterocycles. The number of ether oxygens (including phenoxy) is 2. The third-order valence-corrected chi connectivity index (χ3v) is 6.42. The van der Waals surface area contributed by atoms with Gasteiger partial charge in [0.05, 0.1) is 18.2 Å². The summed E-state index contributed by atoms with van der Waals surface area (Å²) >= 11 is 0. The van der Waals surface area contributed by atoms with Crippen LogP contribution in [0.2, 0.25) is 0 Å². The summed E-state index contributed by atoms with van der Waals surface area (Å²) in [5.74, 6) is 0.778. The third kappa shape index (κ3) is 4.83. The lowest BCUT2D eigenvalue weighted by atomic mass is 10.1. The van der Waals surface area contributed by atoms with Gasteiger partial charge in [0.2, 0.25) is 0 Å². The predicted molar refractivity (Wildman–Crippen MR) is 129 cm³/mol. The van der Waals surface area contributed by atoms with E-state index in [0.29, 0.717) is 42.5 Å². The fourth-order valence-electron chi connectivity index (χ4n) is 4.54. The van der Waals surface area contributed by atoms with Gasteiger partial charge >= 0.3 is 6.18 Å². The van der Waals surface area contributed by atoms with Crippen LogP contribution in [0, 0.1) is 5.82 Å². The molecular formula is C27H23F4N3O3. The molecule has 0 aliphatic carbocycles. The summed E-state index contributed by atoms with van der Waals surface area (Å²) in [6.07, 6.45) is -4.54. The smallest absolute Gasteiger partial charge is 0.416 e. The minimum atomic E-state index is -4.54. The molecule has 2 aliphatic heterocycles. The SMILES string of the molecule is COc1ccc2c(c1)C(N1CCN(C(=O)c3cccc(F)c3)C(C)C1)=Nc1cc(C(F)(F)F)ccc1O2. The number of carbonyl (C=O) groups excluding carboxylic acids is 1. The molecule has 1 unspecified atom stereocenters. The van der Waals surface area contributed by atoms with Crippen LogP contribution in [-0.2, 0) is 6.18 Å². The Morgan fingerprint density at radius 2 is 1.84 bits per heavy atom. The summed E-state index contributed by atoms with van der Waals surface area (Å²) in [6.45, 7) is 2.88. The maximum atomic E-state index is 13.7. The molecule has 10 heteroatoms. The second kappa shape index (κ2) is 9.42. The number of rotatable bonds is 2. The van der Waals surface area contributed by atoms with Crippen molar-refractivity contribution in [1.29, 1.82) is 0 Å². The Kier molecular flexibility index (Phi) is 6.26. The number of hydrogen-bond acceptors (Lipinski definition) is 5. The first-order valence-electron chi connectivity index (χ1n) is 11.6. The van der Waals surface area contributed by atoms with Gasteiger partial charge in [-0.2, -0.15) is 13.2 Å². The number of aliphatic imine (C=N–C) groups is 1. The van der Waals surface area contributed by atoms with E-state index in [1.54, 1.807) is 29.2 Å². The molecule has 0 bridgehead atoms. The van der Waals surface area contributed by atoms with Crippen molar-refractivity contribution in [2.24, 2.45) is 4.99 Å². The Bertz CT molecular complexity index is 1390. The van der Waals surface area contributed by atoms with E-state index in [0.717, 1.165) is 12.1 Å². The molecule has 1 saturated heterocycles. The van der Waals surface area contributed by atoms with Gasteiger partial charge in [0.15, 0.2) is 5.75 Å². The van der Waals surface area contributed by atoms with Crippen LogP contribution >= 0.6 is 0 Å². The maximum absolute atomic E-state index is 13.7. The summed E-state index contributed by atoms with van der Waals surface area (Å²) < 4.78 is 65.3. The number of methoxy groups -OCH3 is 1. The average molecular weight is 513 g/mol. The molecule has 192 valence electrons.